The number of nitrogens with zero attached hydrogens (tertiary/aromatic N) is 5. The number of likely N-dealkylation sites (tertiary alicyclic amines) is 1. The number of benzene rings is 1. The quantitative estimate of drug-likeness (QED) is 0.665. The zero-order valence-corrected chi connectivity index (χ0v) is 18.2. The number of fused-ring (bicyclic) bond motifs is 1. The molecule has 0 saturated carbocycles. The second kappa shape index (κ2) is 8.18. The molecule has 0 spiro atoms. The molecule has 2 amide bonds. The van der Waals surface area contributed by atoms with E-state index in [2.05, 4.69) is 9.97 Å². The van der Waals surface area contributed by atoms with Crippen LogP contribution in [0.4, 0.5) is 4.39 Å². The molecule has 9 nitrogen and oxygen atoms in total. The molecule has 0 radical (unpaired) electrons. The Morgan fingerprint density at radius 3 is 2.34 bits per heavy atom. The van der Waals surface area contributed by atoms with Crippen molar-refractivity contribution < 1.29 is 14.0 Å². The second-order valence-corrected chi connectivity index (χ2v) is 8.27. The summed E-state index contributed by atoms with van der Waals surface area (Å²) < 4.78 is 15.9. The molecule has 0 aliphatic carbocycles. The van der Waals surface area contributed by atoms with E-state index in [4.69, 9.17) is 5.73 Å². The van der Waals surface area contributed by atoms with Gasteiger partial charge in [0.2, 0.25) is 5.91 Å². The highest BCUT2D eigenvalue weighted by Gasteiger charge is 2.31. The molecule has 2 atom stereocenters. The molecule has 2 unspecified atom stereocenters. The Morgan fingerprint density at radius 1 is 1.12 bits per heavy atom. The number of piperidine rings is 1. The van der Waals surface area contributed by atoms with Crippen LogP contribution in [0, 0.1) is 12.7 Å². The predicted molar refractivity (Wildman–Crippen MR) is 116 cm³/mol. The van der Waals surface area contributed by atoms with E-state index in [1.165, 1.54) is 33.4 Å². The number of primary amides is 1. The number of hydrogen-bond donors (Lipinski definition) is 1. The molecule has 1 saturated heterocycles. The van der Waals surface area contributed by atoms with Gasteiger partial charge in [0.05, 0.1) is 5.69 Å². The largest absolute Gasteiger partial charge is 0.364 e. The molecule has 0 bridgehead atoms. The van der Waals surface area contributed by atoms with Gasteiger partial charge in [0.15, 0.2) is 11.3 Å². The first kappa shape index (κ1) is 21.7. The van der Waals surface area contributed by atoms with Crippen LogP contribution in [0.1, 0.15) is 49.4 Å². The van der Waals surface area contributed by atoms with Gasteiger partial charge in [0, 0.05) is 12.1 Å². The Balaban J connectivity index is 1.93. The molecule has 1 aliphatic heterocycles. The van der Waals surface area contributed by atoms with Crippen LogP contribution in [0.2, 0.25) is 0 Å². The van der Waals surface area contributed by atoms with Crippen molar-refractivity contribution in [3.8, 4) is 5.69 Å². The lowest BCUT2D eigenvalue weighted by Gasteiger charge is -2.39. The average molecular weight is 440 g/mol. The topological polar surface area (TPSA) is 116 Å². The van der Waals surface area contributed by atoms with Crippen LogP contribution in [0.15, 0.2) is 29.1 Å². The number of carbonyl (C=O) groups is 2. The van der Waals surface area contributed by atoms with Gasteiger partial charge in [-0.15, -0.1) is 0 Å². The Morgan fingerprint density at radius 2 is 1.75 bits per heavy atom. The summed E-state index contributed by atoms with van der Waals surface area (Å²) in [5.41, 5.74) is 5.40. The van der Waals surface area contributed by atoms with E-state index in [-0.39, 0.29) is 47.2 Å². The fraction of sp³-hybridized carbons (Fsp3) is 0.409. The molecule has 4 rings (SSSR count). The van der Waals surface area contributed by atoms with Crippen LogP contribution in [0.25, 0.3) is 16.9 Å². The first-order valence-electron chi connectivity index (χ1n) is 10.6. The highest BCUT2D eigenvalue weighted by atomic mass is 19.1. The van der Waals surface area contributed by atoms with Crippen molar-refractivity contribution in [1.82, 2.24) is 24.0 Å². The number of halogens is 1. The van der Waals surface area contributed by atoms with Gasteiger partial charge in [0.25, 0.3) is 5.91 Å². The fourth-order valence-electron chi connectivity index (χ4n) is 4.53. The summed E-state index contributed by atoms with van der Waals surface area (Å²) in [4.78, 5) is 49.2. The fourth-order valence-corrected chi connectivity index (χ4v) is 4.53. The van der Waals surface area contributed by atoms with E-state index in [1.54, 1.807) is 11.8 Å². The molecular formula is C22H25FN6O3. The SMILES string of the molecule is Cc1nc(C(N)=O)c2c(n1)n(-c1ccc(F)cc1)c(=O)n2CC(=O)N1C(C)CCCC1C. The van der Waals surface area contributed by atoms with Crippen LogP contribution < -0.4 is 11.4 Å². The van der Waals surface area contributed by atoms with Crippen LogP contribution in [-0.4, -0.2) is 47.9 Å². The Kier molecular flexibility index (Phi) is 5.53. The normalized spacial score (nSPS) is 18.8. The summed E-state index contributed by atoms with van der Waals surface area (Å²) in [6.07, 6.45) is 2.81. The lowest BCUT2D eigenvalue weighted by atomic mass is 9.97. The minimum atomic E-state index is -0.835. The van der Waals surface area contributed by atoms with Gasteiger partial charge < -0.3 is 10.6 Å². The third-order valence-electron chi connectivity index (χ3n) is 5.97. The molecule has 1 aliphatic rings. The molecule has 2 aromatic heterocycles. The third kappa shape index (κ3) is 3.65. The van der Waals surface area contributed by atoms with Crippen LogP contribution in [0.3, 0.4) is 0 Å². The standard InChI is InChI=1S/C22H25FN6O3/c1-12-5-4-6-13(2)28(12)17(30)11-27-19-18(20(24)31)25-14(3)26-21(19)29(22(27)32)16-9-7-15(23)8-10-16/h7-10,12-13H,4-6,11H2,1-3H3,(H2,24,31). The molecule has 32 heavy (non-hydrogen) atoms. The molecule has 10 heteroatoms. The van der Waals surface area contributed by atoms with Crippen molar-refractivity contribution in [1.29, 1.82) is 0 Å². The van der Waals surface area contributed by atoms with Crippen molar-refractivity contribution in [3.63, 3.8) is 0 Å². The van der Waals surface area contributed by atoms with Crippen LogP contribution in [-0.2, 0) is 11.3 Å². The van der Waals surface area contributed by atoms with Gasteiger partial charge in [0.1, 0.15) is 23.7 Å². The van der Waals surface area contributed by atoms with Crippen molar-refractivity contribution in [2.45, 2.75) is 58.7 Å². The number of rotatable bonds is 4. The number of aryl methyl sites for hydroxylation is 1. The number of nitrogens with two attached hydrogens (primary N) is 1. The lowest BCUT2D eigenvalue weighted by molar-refractivity contribution is -0.137. The van der Waals surface area contributed by atoms with Gasteiger partial charge in [-0.1, -0.05) is 0 Å². The minimum absolute atomic E-state index is 0.0431. The molecule has 168 valence electrons. The summed E-state index contributed by atoms with van der Waals surface area (Å²) in [6.45, 7) is 5.26. The summed E-state index contributed by atoms with van der Waals surface area (Å²) in [6, 6.07) is 5.38. The first-order chi connectivity index (χ1) is 15.2. The number of carbonyl (C=O) groups excluding carboxylic acids is 2. The molecule has 3 aromatic rings. The molecule has 2 N–H and O–H groups in total. The molecular weight excluding hydrogens is 415 g/mol. The van der Waals surface area contributed by atoms with Crippen molar-refractivity contribution >= 4 is 23.0 Å². The maximum atomic E-state index is 13.5. The van der Waals surface area contributed by atoms with Crippen molar-refractivity contribution in [3.05, 3.63) is 52.1 Å². The van der Waals surface area contributed by atoms with Crippen molar-refractivity contribution in [2.24, 2.45) is 5.73 Å². The highest BCUT2D eigenvalue weighted by Crippen LogP contribution is 2.24. The highest BCUT2D eigenvalue weighted by molar-refractivity contribution is 6.02. The van der Waals surface area contributed by atoms with E-state index in [0.29, 0.717) is 5.69 Å². The summed E-state index contributed by atoms with van der Waals surface area (Å²) in [5, 5.41) is 0. The Labute approximate surface area is 183 Å². The first-order valence-corrected chi connectivity index (χ1v) is 10.6. The minimum Gasteiger partial charge on any atom is -0.364 e. The monoisotopic (exact) mass is 440 g/mol. The Hall–Kier alpha value is -3.56. The summed E-state index contributed by atoms with van der Waals surface area (Å²) in [5.74, 6) is -1.29. The second-order valence-electron chi connectivity index (χ2n) is 8.27. The van der Waals surface area contributed by atoms with Gasteiger partial charge in [-0.3, -0.25) is 14.2 Å². The van der Waals surface area contributed by atoms with E-state index in [9.17, 15) is 18.8 Å². The molecule has 1 fully saturated rings. The predicted octanol–water partition coefficient (Wildman–Crippen LogP) is 1.92. The van der Waals surface area contributed by atoms with Gasteiger partial charge in [-0.05, 0) is 64.3 Å². The van der Waals surface area contributed by atoms with Gasteiger partial charge in [-0.2, -0.15) is 0 Å². The number of imidazole rings is 1. The van der Waals surface area contributed by atoms with Gasteiger partial charge in [-0.25, -0.2) is 23.7 Å². The number of amides is 2. The average Bonchev–Trinajstić information content (AvgIpc) is 2.99. The summed E-state index contributed by atoms with van der Waals surface area (Å²) >= 11 is 0. The zero-order chi connectivity index (χ0) is 23.2. The Bertz CT molecular complexity index is 1250. The van der Waals surface area contributed by atoms with Crippen LogP contribution >= 0.6 is 0 Å². The van der Waals surface area contributed by atoms with Crippen molar-refractivity contribution in [2.75, 3.05) is 0 Å². The number of hydrogen-bond acceptors (Lipinski definition) is 5. The van der Waals surface area contributed by atoms with E-state index in [0.717, 1.165) is 19.3 Å². The number of aromatic nitrogens is 4. The van der Waals surface area contributed by atoms with Crippen LogP contribution in [0.5, 0.6) is 0 Å². The maximum Gasteiger partial charge on any atom is 0.335 e. The molecule has 3 heterocycles. The zero-order valence-electron chi connectivity index (χ0n) is 18.2. The van der Waals surface area contributed by atoms with E-state index < -0.39 is 17.4 Å². The van der Waals surface area contributed by atoms with Gasteiger partial charge >= 0.3 is 5.69 Å². The third-order valence-corrected chi connectivity index (χ3v) is 5.97. The smallest absolute Gasteiger partial charge is 0.335 e. The maximum absolute atomic E-state index is 13.5. The summed E-state index contributed by atoms with van der Waals surface area (Å²) in [7, 11) is 0. The van der Waals surface area contributed by atoms with E-state index >= 15 is 0 Å². The van der Waals surface area contributed by atoms with E-state index in [1.807, 2.05) is 13.8 Å². The lowest BCUT2D eigenvalue weighted by Crippen LogP contribution is -2.49. The molecule has 1 aromatic carbocycles.